The maximum atomic E-state index is 8.38. The molecule has 0 spiro atoms. The number of rotatable bonds is 3. The van der Waals surface area contributed by atoms with Gasteiger partial charge >= 0.3 is 0 Å². The largest absolute Gasteiger partial charge is 0.370 e. The molecule has 2 N–H and O–H groups in total. The Bertz CT molecular complexity index is 539. The van der Waals surface area contributed by atoms with Gasteiger partial charge in [0.05, 0.1) is 17.6 Å². The third-order valence-corrected chi connectivity index (χ3v) is 3.83. The van der Waals surface area contributed by atoms with E-state index in [-0.39, 0.29) is 6.04 Å². The van der Waals surface area contributed by atoms with Crippen molar-refractivity contribution in [1.82, 2.24) is 0 Å². The van der Waals surface area contributed by atoms with Crippen LogP contribution in [0.4, 0.5) is 5.69 Å². The molecule has 94 valence electrons. The van der Waals surface area contributed by atoms with Gasteiger partial charge in [-0.25, -0.2) is 0 Å². The quantitative estimate of drug-likeness (QED) is 0.525. The maximum absolute atomic E-state index is 8.38. The first-order valence-electron chi connectivity index (χ1n) is 5.18. The van der Waals surface area contributed by atoms with E-state index in [0.717, 1.165) is 10.2 Å². The van der Waals surface area contributed by atoms with Crippen LogP contribution in [0.3, 0.4) is 0 Å². The van der Waals surface area contributed by atoms with Crippen LogP contribution in [0.2, 0.25) is 5.02 Å². The zero-order valence-corrected chi connectivity index (χ0v) is 11.6. The average molecular weight is 330 g/mol. The van der Waals surface area contributed by atoms with E-state index >= 15 is 0 Å². The molecule has 1 atom stereocenters. The molecule has 0 fully saturated rings. The molecule has 2 rings (SSSR count). The van der Waals surface area contributed by atoms with Crippen molar-refractivity contribution in [2.24, 2.45) is 15.8 Å². The highest BCUT2D eigenvalue weighted by atomic mass is 79.9. The molecule has 0 radical (unpaired) electrons. The van der Waals surface area contributed by atoms with Crippen molar-refractivity contribution in [2.75, 3.05) is 18.0 Å². The van der Waals surface area contributed by atoms with Crippen LogP contribution in [0.5, 0.6) is 0 Å². The van der Waals surface area contributed by atoms with E-state index in [1.165, 1.54) is 0 Å². The van der Waals surface area contributed by atoms with Crippen LogP contribution in [-0.4, -0.2) is 25.1 Å². The molecular formula is C10H10BrClN6. The lowest BCUT2D eigenvalue weighted by Gasteiger charge is -2.25. The summed E-state index contributed by atoms with van der Waals surface area (Å²) in [6, 6.07) is 5.44. The molecule has 0 aliphatic carbocycles. The van der Waals surface area contributed by atoms with Crippen molar-refractivity contribution in [3.8, 4) is 0 Å². The predicted molar refractivity (Wildman–Crippen MR) is 75.9 cm³/mol. The van der Waals surface area contributed by atoms with Crippen LogP contribution in [0.15, 0.2) is 32.8 Å². The third kappa shape index (κ3) is 2.53. The lowest BCUT2D eigenvalue weighted by atomic mass is 10.2. The van der Waals surface area contributed by atoms with E-state index in [1.807, 2.05) is 17.0 Å². The Morgan fingerprint density at radius 1 is 1.67 bits per heavy atom. The Labute approximate surface area is 117 Å². The van der Waals surface area contributed by atoms with Gasteiger partial charge < -0.3 is 10.6 Å². The van der Waals surface area contributed by atoms with Crippen molar-refractivity contribution in [3.05, 3.63) is 38.1 Å². The number of benzene rings is 1. The molecule has 8 heteroatoms. The minimum atomic E-state index is -0.0472. The van der Waals surface area contributed by atoms with Gasteiger partial charge in [-0.2, -0.15) is 0 Å². The van der Waals surface area contributed by atoms with Crippen molar-refractivity contribution in [3.63, 3.8) is 0 Å². The van der Waals surface area contributed by atoms with E-state index in [9.17, 15) is 0 Å². The molecule has 0 saturated carbocycles. The van der Waals surface area contributed by atoms with Crippen molar-refractivity contribution >= 4 is 39.2 Å². The lowest BCUT2D eigenvalue weighted by Crippen LogP contribution is -2.42. The van der Waals surface area contributed by atoms with Crippen molar-refractivity contribution in [1.29, 1.82) is 0 Å². The molecule has 18 heavy (non-hydrogen) atoms. The number of hydrogen-bond donors (Lipinski definition) is 1. The lowest BCUT2D eigenvalue weighted by molar-refractivity contribution is 0.715. The Kier molecular flexibility index (Phi) is 3.96. The summed E-state index contributed by atoms with van der Waals surface area (Å²) in [6.45, 7) is 0.839. The molecule has 0 amide bonds. The number of nitrogens with zero attached hydrogens (tertiary/aromatic N) is 5. The normalized spacial score (nSPS) is 18.4. The van der Waals surface area contributed by atoms with Crippen LogP contribution in [0.1, 0.15) is 0 Å². The fourth-order valence-electron chi connectivity index (χ4n) is 1.79. The monoisotopic (exact) mass is 328 g/mol. The third-order valence-electron chi connectivity index (χ3n) is 2.61. The molecule has 1 heterocycles. The second-order valence-electron chi connectivity index (χ2n) is 3.73. The van der Waals surface area contributed by atoms with E-state index in [2.05, 4.69) is 30.9 Å². The summed E-state index contributed by atoms with van der Waals surface area (Å²) in [4.78, 5) is 8.77. The summed E-state index contributed by atoms with van der Waals surface area (Å²) in [7, 11) is 0. The fraction of sp³-hybridized carbons (Fsp3) is 0.300. The number of halogens is 2. The number of hydrogen-bond acceptors (Lipinski definition) is 4. The van der Waals surface area contributed by atoms with Gasteiger partial charge in [-0.1, -0.05) is 16.7 Å². The molecule has 1 unspecified atom stereocenters. The Hall–Kier alpha value is -1.43. The SMILES string of the molecule is [N-]=[N+]=NCC1CN=C(N)N1c1ccc(Cl)c(Br)c1. The van der Waals surface area contributed by atoms with Gasteiger partial charge in [0, 0.05) is 21.6 Å². The second-order valence-corrected chi connectivity index (χ2v) is 5.00. The standard InChI is InChI=1S/C10H10BrClN6/c11-8-3-6(1-2-9(8)12)18-7(5-16-17-14)4-15-10(18)13/h1-3,7H,4-5H2,(H2,13,15). The number of anilines is 1. The van der Waals surface area contributed by atoms with E-state index in [0.29, 0.717) is 24.1 Å². The summed E-state index contributed by atoms with van der Waals surface area (Å²) in [5, 5.41) is 4.20. The van der Waals surface area contributed by atoms with E-state index in [4.69, 9.17) is 22.9 Å². The molecule has 1 aliphatic heterocycles. The molecule has 1 aliphatic rings. The van der Waals surface area contributed by atoms with Gasteiger partial charge in [0.15, 0.2) is 5.96 Å². The van der Waals surface area contributed by atoms with Crippen LogP contribution in [0.25, 0.3) is 10.4 Å². The van der Waals surface area contributed by atoms with Gasteiger partial charge in [0.1, 0.15) is 0 Å². The number of guanidine groups is 1. The highest BCUT2D eigenvalue weighted by Gasteiger charge is 2.27. The molecule has 0 saturated heterocycles. The van der Waals surface area contributed by atoms with E-state index < -0.39 is 0 Å². The Morgan fingerprint density at radius 2 is 2.44 bits per heavy atom. The number of nitrogens with two attached hydrogens (primary N) is 1. The summed E-state index contributed by atoms with van der Waals surface area (Å²) in [5.41, 5.74) is 15.1. The summed E-state index contributed by atoms with van der Waals surface area (Å²) < 4.78 is 0.781. The first kappa shape index (κ1) is 13.0. The zero-order valence-electron chi connectivity index (χ0n) is 9.29. The zero-order chi connectivity index (χ0) is 13.1. The van der Waals surface area contributed by atoms with Crippen molar-refractivity contribution < 1.29 is 0 Å². The maximum Gasteiger partial charge on any atom is 0.196 e. The second kappa shape index (κ2) is 5.48. The van der Waals surface area contributed by atoms with Gasteiger partial charge in [0.25, 0.3) is 0 Å². The van der Waals surface area contributed by atoms with Crippen LogP contribution >= 0.6 is 27.5 Å². The van der Waals surface area contributed by atoms with Crippen LogP contribution < -0.4 is 10.6 Å². The average Bonchev–Trinajstić information content (AvgIpc) is 2.71. The van der Waals surface area contributed by atoms with Gasteiger partial charge in [-0.3, -0.25) is 4.99 Å². The summed E-state index contributed by atoms with van der Waals surface area (Å²) >= 11 is 9.31. The minimum Gasteiger partial charge on any atom is -0.370 e. The molecule has 0 aromatic heterocycles. The highest BCUT2D eigenvalue weighted by molar-refractivity contribution is 9.10. The first-order valence-corrected chi connectivity index (χ1v) is 6.35. The van der Waals surface area contributed by atoms with Gasteiger partial charge in [-0.05, 0) is 39.7 Å². The first-order chi connectivity index (χ1) is 8.63. The van der Waals surface area contributed by atoms with Gasteiger partial charge in [0.2, 0.25) is 0 Å². The topological polar surface area (TPSA) is 90.4 Å². The minimum absolute atomic E-state index is 0.0472. The molecule has 1 aromatic carbocycles. The molecule has 0 bridgehead atoms. The van der Waals surface area contributed by atoms with Crippen LogP contribution in [0, 0.1) is 0 Å². The molecule has 1 aromatic rings. The predicted octanol–water partition coefficient (Wildman–Crippen LogP) is 2.92. The number of azide groups is 1. The highest BCUT2D eigenvalue weighted by Crippen LogP contribution is 2.29. The van der Waals surface area contributed by atoms with Crippen molar-refractivity contribution in [2.45, 2.75) is 6.04 Å². The molecular weight excluding hydrogens is 320 g/mol. The summed E-state index contributed by atoms with van der Waals surface area (Å²) in [5.74, 6) is 0.419. The van der Waals surface area contributed by atoms with E-state index in [1.54, 1.807) is 6.07 Å². The van der Waals surface area contributed by atoms with Gasteiger partial charge in [-0.15, -0.1) is 0 Å². The summed E-state index contributed by atoms with van der Waals surface area (Å²) in [6.07, 6.45) is 0. The fourth-order valence-corrected chi connectivity index (χ4v) is 2.28. The Morgan fingerprint density at radius 3 is 3.11 bits per heavy atom. The Balaban J connectivity index is 2.30. The number of aliphatic imine (C=N–C) groups is 1. The van der Waals surface area contributed by atoms with Crippen LogP contribution in [-0.2, 0) is 0 Å². The smallest absolute Gasteiger partial charge is 0.196 e. The molecule has 6 nitrogen and oxygen atoms in total.